The smallest absolute Gasteiger partial charge is 0.251 e. The molecule has 1 heterocycles. The second-order valence-electron chi connectivity index (χ2n) is 6.77. The number of aromatic nitrogens is 2. The molecule has 0 unspecified atom stereocenters. The summed E-state index contributed by atoms with van der Waals surface area (Å²) >= 11 is 3.39. The third kappa shape index (κ3) is 5.19. The van der Waals surface area contributed by atoms with Crippen LogP contribution in [0.5, 0.6) is 0 Å². The molecule has 0 fully saturated rings. The molecule has 0 spiro atoms. The minimum Gasteiger partial charge on any atom is -0.345 e. The maximum absolute atomic E-state index is 12.4. The number of unbranched alkanes of at least 4 members (excludes halogenated alkanes) is 4. The highest BCUT2D eigenvalue weighted by Crippen LogP contribution is 2.18. The van der Waals surface area contributed by atoms with E-state index >= 15 is 0 Å². The fraction of sp³-hybridized carbons (Fsp3) is 0.364. The van der Waals surface area contributed by atoms with Gasteiger partial charge in [-0.3, -0.25) is 4.79 Å². The molecule has 0 saturated carbocycles. The van der Waals surface area contributed by atoms with Gasteiger partial charge in [0.2, 0.25) is 0 Å². The first-order chi connectivity index (χ1) is 13.2. The topological polar surface area (TPSA) is 46.9 Å². The third-order valence-electron chi connectivity index (χ3n) is 4.73. The molecule has 3 rings (SSSR count). The predicted octanol–water partition coefficient (Wildman–Crippen LogP) is 5.70. The van der Waals surface area contributed by atoms with E-state index in [1.165, 1.54) is 25.7 Å². The Morgan fingerprint density at radius 2 is 1.78 bits per heavy atom. The first kappa shape index (κ1) is 19.6. The average Bonchev–Trinajstić information content (AvgIpc) is 3.04. The molecule has 0 atom stereocenters. The van der Waals surface area contributed by atoms with Crippen LogP contribution in [0.25, 0.3) is 11.0 Å². The number of nitrogens with one attached hydrogen (secondary N) is 1. The molecule has 0 radical (unpaired) electrons. The molecule has 27 heavy (non-hydrogen) atoms. The van der Waals surface area contributed by atoms with Crippen molar-refractivity contribution in [2.45, 2.75) is 52.1 Å². The number of aryl methyl sites for hydroxylation is 1. The molecular formula is C22H26BrN3O. The number of carbonyl (C=O) groups is 1. The summed E-state index contributed by atoms with van der Waals surface area (Å²) in [6.45, 7) is 3.60. The molecular weight excluding hydrogens is 402 g/mol. The summed E-state index contributed by atoms with van der Waals surface area (Å²) in [5, 5.41) is 3.01. The van der Waals surface area contributed by atoms with E-state index in [2.05, 4.69) is 38.8 Å². The minimum atomic E-state index is -0.0796. The number of imidazole rings is 1. The normalized spacial score (nSPS) is 11.0. The standard InChI is InChI=1S/C22H26BrN3O/c1-2-3-4-5-8-15-26-20-10-7-6-9-19(20)25-21(26)16-24-22(27)17-11-13-18(23)14-12-17/h6-7,9-14H,2-5,8,15-16H2,1H3,(H,24,27). The molecule has 0 aliphatic rings. The van der Waals surface area contributed by atoms with E-state index in [1.54, 1.807) is 0 Å². The lowest BCUT2D eigenvalue weighted by Crippen LogP contribution is -2.24. The quantitative estimate of drug-likeness (QED) is 0.445. The van der Waals surface area contributed by atoms with E-state index < -0.39 is 0 Å². The first-order valence-corrected chi connectivity index (χ1v) is 10.5. The van der Waals surface area contributed by atoms with Crippen molar-refractivity contribution in [1.29, 1.82) is 0 Å². The fourth-order valence-corrected chi connectivity index (χ4v) is 3.51. The number of fused-ring (bicyclic) bond motifs is 1. The van der Waals surface area contributed by atoms with Crippen molar-refractivity contribution in [2.24, 2.45) is 0 Å². The Morgan fingerprint density at radius 1 is 1.04 bits per heavy atom. The molecule has 5 heteroatoms. The maximum atomic E-state index is 12.4. The number of benzene rings is 2. The molecule has 1 amide bonds. The summed E-state index contributed by atoms with van der Waals surface area (Å²) in [5.41, 5.74) is 2.78. The lowest BCUT2D eigenvalue weighted by Gasteiger charge is -2.10. The Labute approximate surface area is 169 Å². The van der Waals surface area contributed by atoms with Gasteiger partial charge in [-0.25, -0.2) is 4.98 Å². The summed E-state index contributed by atoms with van der Waals surface area (Å²) in [6, 6.07) is 15.6. The molecule has 2 aromatic carbocycles. The number of amides is 1. The molecule has 0 saturated heterocycles. The molecule has 0 aliphatic heterocycles. The van der Waals surface area contributed by atoms with E-state index in [-0.39, 0.29) is 5.91 Å². The monoisotopic (exact) mass is 427 g/mol. The van der Waals surface area contributed by atoms with Crippen molar-refractivity contribution >= 4 is 32.9 Å². The Kier molecular flexibility index (Phi) is 7.04. The molecule has 4 nitrogen and oxygen atoms in total. The number of halogens is 1. The van der Waals surface area contributed by atoms with E-state index in [1.807, 2.05) is 42.5 Å². The number of para-hydroxylation sites is 2. The van der Waals surface area contributed by atoms with Gasteiger partial charge in [0.05, 0.1) is 17.6 Å². The summed E-state index contributed by atoms with van der Waals surface area (Å²) in [5.74, 6) is 0.834. The average molecular weight is 428 g/mol. The van der Waals surface area contributed by atoms with Gasteiger partial charge in [-0.2, -0.15) is 0 Å². The largest absolute Gasteiger partial charge is 0.345 e. The highest BCUT2D eigenvalue weighted by molar-refractivity contribution is 9.10. The number of rotatable bonds is 9. The van der Waals surface area contributed by atoms with Crippen molar-refractivity contribution < 1.29 is 4.79 Å². The van der Waals surface area contributed by atoms with Crippen LogP contribution < -0.4 is 5.32 Å². The van der Waals surface area contributed by atoms with Crippen LogP contribution in [0.2, 0.25) is 0 Å². The van der Waals surface area contributed by atoms with Crippen LogP contribution in [-0.2, 0) is 13.1 Å². The predicted molar refractivity (Wildman–Crippen MR) is 114 cm³/mol. The van der Waals surface area contributed by atoms with Gasteiger partial charge in [0.25, 0.3) is 5.91 Å². The van der Waals surface area contributed by atoms with Gasteiger partial charge >= 0.3 is 0 Å². The molecule has 3 aromatic rings. The Hall–Kier alpha value is -2.14. The van der Waals surface area contributed by atoms with Crippen LogP contribution in [0.3, 0.4) is 0 Å². The molecule has 1 aromatic heterocycles. The van der Waals surface area contributed by atoms with Gasteiger partial charge in [0, 0.05) is 16.6 Å². The van der Waals surface area contributed by atoms with Gasteiger partial charge in [0.1, 0.15) is 5.82 Å². The van der Waals surface area contributed by atoms with Crippen molar-refractivity contribution in [3.8, 4) is 0 Å². The lowest BCUT2D eigenvalue weighted by molar-refractivity contribution is 0.0949. The maximum Gasteiger partial charge on any atom is 0.251 e. The fourth-order valence-electron chi connectivity index (χ4n) is 3.25. The Morgan fingerprint density at radius 3 is 2.56 bits per heavy atom. The van der Waals surface area contributed by atoms with Crippen molar-refractivity contribution in [2.75, 3.05) is 0 Å². The highest BCUT2D eigenvalue weighted by atomic mass is 79.9. The number of nitrogens with zero attached hydrogens (tertiary/aromatic N) is 2. The second kappa shape index (κ2) is 9.70. The minimum absolute atomic E-state index is 0.0796. The van der Waals surface area contributed by atoms with Crippen LogP contribution in [-0.4, -0.2) is 15.5 Å². The van der Waals surface area contributed by atoms with Crippen LogP contribution in [0.1, 0.15) is 55.2 Å². The highest BCUT2D eigenvalue weighted by Gasteiger charge is 2.12. The van der Waals surface area contributed by atoms with E-state index in [9.17, 15) is 4.79 Å². The second-order valence-corrected chi connectivity index (χ2v) is 7.69. The Bertz CT molecular complexity index is 886. The number of hydrogen-bond acceptors (Lipinski definition) is 2. The molecule has 142 valence electrons. The van der Waals surface area contributed by atoms with Crippen LogP contribution in [0, 0.1) is 0 Å². The van der Waals surface area contributed by atoms with Crippen molar-refractivity contribution in [1.82, 2.24) is 14.9 Å². The van der Waals surface area contributed by atoms with Crippen LogP contribution in [0.15, 0.2) is 53.0 Å². The zero-order valence-electron chi connectivity index (χ0n) is 15.7. The number of carbonyl (C=O) groups excluding carboxylic acids is 1. The van der Waals surface area contributed by atoms with Gasteiger partial charge in [0.15, 0.2) is 0 Å². The third-order valence-corrected chi connectivity index (χ3v) is 5.26. The number of hydrogen-bond donors (Lipinski definition) is 1. The van der Waals surface area contributed by atoms with E-state index in [0.29, 0.717) is 12.1 Å². The zero-order valence-corrected chi connectivity index (χ0v) is 17.3. The van der Waals surface area contributed by atoms with Crippen molar-refractivity contribution in [3.05, 3.63) is 64.4 Å². The Balaban J connectivity index is 1.70. The van der Waals surface area contributed by atoms with Gasteiger partial charge in [-0.15, -0.1) is 0 Å². The van der Waals surface area contributed by atoms with Gasteiger partial charge in [-0.1, -0.05) is 60.7 Å². The van der Waals surface area contributed by atoms with E-state index in [4.69, 9.17) is 4.98 Å². The summed E-state index contributed by atoms with van der Waals surface area (Å²) in [4.78, 5) is 17.2. The zero-order chi connectivity index (χ0) is 19.1. The first-order valence-electron chi connectivity index (χ1n) is 9.67. The SMILES string of the molecule is CCCCCCCn1c(CNC(=O)c2ccc(Br)cc2)nc2ccccc21. The van der Waals surface area contributed by atoms with Crippen LogP contribution in [0.4, 0.5) is 0 Å². The molecule has 1 N–H and O–H groups in total. The van der Waals surface area contributed by atoms with Crippen LogP contribution >= 0.6 is 15.9 Å². The van der Waals surface area contributed by atoms with Gasteiger partial charge < -0.3 is 9.88 Å². The van der Waals surface area contributed by atoms with Crippen molar-refractivity contribution in [3.63, 3.8) is 0 Å². The summed E-state index contributed by atoms with van der Waals surface area (Å²) < 4.78 is 3.22. The summed E-state index contributed by atoms with van der Waals surface area (Å²) in [6.07, 6.45) is 6.18. The lowest BCUT2D eigenvalue weighted by atomic mass is 10.1. The van der Waals surface area contributed by atoms with E-state index in [0.717, 1.165) is 34.3 Å². The molecule has 0 aliphatic carbocycles. The van der Waals surface area contributed by atoms with Gasteiger partial charge in [-0.05, 0) is 42.8 Å². The molecule has 0 bridgehead atoms. The summed E-state index contributed by atoms with van der Waals surface area (Å²) in [7, 11) is 0.